The van der Waals surface area contributed by atoms with Crippen LogP contribution in [0.25, 0.3) is 11.5 Å². The first-order valence-electron chi connectivity index (χ1n) is 9.93. The van der Waals surface area contributed by atoms with Gasteiger partial charge in [-0.3, -0.25) is 9.69 Å². The van der Waals surface area contributed by atoms with Gasteiger partial charge in [0.25, 0.3) is 5.89 Å². The molecule has 31 heavy (non-hydrogen) atoms. The summed E-state index contributed by atoms with van der Waals surface area (Å²) in [4.78, 5) is 20.7. The molecule has 9 heteroatoms. The standard InChI is InChI=1S/C22H21F3N4O2/c23-22(24,25)18-8-6-17(7-9-18)21-26-19(27-31-21)15-28-10-12-29(13-11-28)20(30)14-16-4-2-1-3-5-16/h1-9H,10-15H2. The van der Waals surface area contributed by atoms with E-state index in [4.69, 9.17) is 4.52 Å². The van der Waals surface area contributed by atoms with Gasteiger partial charge < -0.3 is 9.42 Å². The lowest BCUT2D eigenvalue weighted by Crippen LogP contribution is -2.48. The Bertz CT molecular complexity index is 1010. The minimum Gasteiger partial charge on any atom is -0.340 e. The zero-order chi connectivity index (χ0) is 21.8. The van der Waals surface area contributed by atoms with Gasteiger partial charge in [0.2, 0.25) is 5.91 Å². The fourth-order valence-corrected chi connectivity index (χ4v) is 3.47. The van der Waals surface area contributed by atoms with Gasteiger partial charge in [-0.2, -0.15) is 18.2 Å². The van der Waals surface area contributed by atoms with Gasteiger partial charge in [0.05, 0.1) is 18.5 Å². The Kier molecular flexibility index (Phi) is 6.03. The van der Waals surface area contributed by atoms with Gasteiger partial charge in [0, 0.05) is 31.7 Å². The van der Waals surface area contributed by atoms with E-state index < -0.39 is 11.7 Å². The van der Waals surface area contributed by atoms with Crippen molar-refractivity contribution in [2.75, 3.05) is 26.2 Å². The van der Waals surface area contributed by atoms with Crippen LogP contribution in [0.5, 0.6) is 0 Å². The molecular weight excluding hydrogens is 409 g/mol. The zero-order valence-corrected chi connectivity index (χ0v) is 16.7. The van der Waals surface area contributed by atoms with Gasteiger partial charge in [0.15, 0.2) is 5.82 Å². The first kappa shape index (κ1) is 21.0. The molecule has 0 spiro atoms. The summed E-state index contributed by atoms with van der Waals surface area (Å²) >= 11 is 0. The molecule has 162 valence electrons. The molecule has 4 rings (SSSR count). The first-order chi connectivity index (χ1) is 14.9. The molecule has 0 N–H and O–H groups in total. The smallest absolute Gasteiger partial charge is 0.340 e. The molecule has 0 atom stereocenters. The lowest BCUT2D eigenvalue weighted by atomic mass is 10.1. The Hall–Kier alpha value is -3.20. The highest BCUT2D eigenvalue weighted by Gasteiger charge is 2.30. The van der Waals surface area contributed by atoms with E-state index in [1.807, 2.05) is 35.2 Å². The molecule has 0 radical (unpaired) electrons. The Balaban J connectivity index is 1.29. The van der Waals surface area contributed by atoms with Crippen LogP contribution in [0, 0.1) is 0 Å². The van der Waals surface area contributed by atoms with Gasteiger partial charge in [-0.05, 0) is 29.8 Å². The fraction of sp³-hybridized carbons (Fsp3) is 0.318. The Morgan fingerprint density at radius 3 is 2.29 bits per heavy atom. The fourth-order valence-electron chi connectivity index (χ4n) is 3.47. The quantitative estimate of drug-likeness (QED) is 0.619. The minimum absolute atomic E-state index is 0.106. The molecule has 0 saturated carbocycles. The first-order valence-corrected chi connectivity index (χ1v) is 9.93. The molecule has 1 saturated heterocycles. The maximum atomic E-state index is 12.7. The van der Waals surface area contributed by atoms with E-state index in [2.05, 4.69) is 15.0 Å². The Morgan fingerprint density at radius 2 is 1.65 bits per heavy atom. The van der Waals surface area contributed by atoms with Crippen molar-refractivity contribution in [1.29, 1.82) is 0 Å². The van der Waals surface area contributed by atoms with Crippen molar-refractivity contribution in [3.63, 3.8) is 0 Å². The number of hydrogen-bond donors (Lipinski definition) is 0. The summed E-state index contributed by atoms with van der Waals surface area (Å²) in [5.41, 5.74) is 0.705. The van der Waals surface area contributed by atoms with Crippen LogP contribution in [0.1, 0.15) is 17.0 Å². The normalized spacial score (nSPS) is 15.3. The van der Waals surface area contributed by atoms with E-state index in [0.29, 0.717) is 50.5 Å². The van der Waals surface area contributed by atoms with Crippen LogP contribution in [0.15, 0.2) is 59.1 Å². The number of carbonyl (C=O) groups is 1. The molecular formula is C22H21F3N4O2. The molecule has 0 bridgehead atoms. The number of nitrogens with zero attached hydrogens (tertiary/aromatic N) is 4. The molecule has 1 amide bonds. The maximum absolute atomic E-state index is 12.7. The summed E-state index contributed by atoms with van der Waals surface area (Å²) in [6, 6.07) is 14.3. The van der Waals surface area contributed by atoms with Crippen LogP contribution >= 0.6 is 0 Å². The number of carbonyl (C=O) groups excluding carboxylic acids is 1. The van der Waals surface area contributed by atoms with Gasteiger partial charge in [0.1, 0.15) is 0 Å². The number of amides is 1. The number of hydrogen-bond acceptors (Lipinski definition) is 5. The Labute approximate surface area is 177 Å². The average Bonchev–Trinajstić information content (AvgIpc) is 3.23. The summed E-state index contributed by atoms with van der Waals surface area (Å²) in [7, 11) is 0. The predicted octanol–water partition coefficient (Wildman–Crippen LogP) is 3.64. The summed E-state index contributed by atoms with van der Waals surface area (Å²) in [5, 5.41) is 3.94. The third kappa shape index (κ3) is 5.29. The van der Waals surface area contributed by atoms with E-state index in [0.717, 1.165) is 17.7 Å². The second-order valence-corrected chi connectivity index (χ2v) is 7.41. The van der Waals surface area contributed by atoms with Crippen molar-refractivity contribution in [2.24, 2.45) is 0 Å². The largest absolute Gasteiger partial charge is 0.416 e. The molecule has 1 aliphatic rings. The van der Waals surface area contributed by atoms with Gasteiger partial charge >= 0.3 is 6.18 Å². The van der Waals surface area contributed by atoms with Crippen LogP contribution in [0.2, 0.25) is 0 Å². The predicted molar refractivity (Wildman–Crippen MR) is 107 cm³/mol. The lowest BCUT2D eigenvalue weighted by Gasteiger charge is -2.34. The number of benzene rings is 2. The third-order valence-electron chi connectivity index (χ3n) is 5.22. The number of halogens is 3. The maximum Gasteiger partial charge on any atom is 0.416 e. The van der Waals surface area contributed by atoms with E-state index >= 15 is 0 Å². The highest BCUT2D eigenvalue weighted by Crippen LogP contribution is 2.30. The van der Waals surface area contributed by atoms with Crippen LogP contribution in [0.3, 0.4) is 0 Å². The Morgan fingerprint density at radius 1 is 0.968 bits per heavy atom. The zero-order valence-electron chi connectivity index (χ0n) is 16.7. The topological polar surface area (TPSA) is 62.5 Å². The summed E-state index contributed by atoms with van der Waals surface area (Å²) in [6.07, 6.45) is -3.99. The highest BCUT2D eigenvalue weighted by atomic mass is 19.4. The average molecular weight is 430 g/mol. The van der Waals surface area contributed by atoms with Crippen molar-refractivity contribution in [3.8, 4) is 11.5 Å². The monoisotopic (exact) mass is 430 g/mol. The SMILES string of the molecule is O=C(Cc1ccccc1)N1CCN(Cc2noc(-c3ccc(C(F)(F)F)cc3)n2)CC1. The molecule has 1 aromatic heterocycles. The van der Waals surface area contributed by atoms with E-state index in [-0.39, 0.29) is 11.8 Å². The number of aromatic nitrogens is 2. The molecule has 6 nitrogen and oxygen atoms in total. The van der Waals surface area contributed by atoms with Crippen LogP contribution < -0.4 is 0 Å². The molecule has 2 heterocycles. The van der Waals surface area contributed by atoms with Gasteiger partial charge in [-0.1, -0.05) is 35.5 Å². The molecule has 1 aliphatic heterocycles. The lowest BCUT2D eigenvalue weighted by molar-refractivity contribution is -0.137. The second kappa shape index (κ2) is 8.89. The molecule has 1 fully saturated rings. The van der Waals surface area contributed by atoms with Crippen LogP contribution in [-0.2, 0) is 23.9 Å². The van der Waals surface area contributed by atoms with Crippen LogP contribution in [-0.4, -0.2) is 52.0 Å². The van der Waals surface area contributed by atoms with Crippen molar-refractivity contribution in [3.05, 3.63) is 71.5 Å². The summed E-state index contributed by atoms with van der Waals surface area (Å²) in [6.45, 7) is 3.06. The number of piperazine rings is 1. The van der Waals surface area contributed by atoms with Crippen molar-refractivity contribution >= 4 is 5.91 Å². The summed E-state index contributed by atoms with van der Waals surface area (Å²) < 4.78 is 43.3. The number of rotatable bonds is 5. The van der Waals surface area contributed by atoms with Crippen LogP contribution in [0.4, 0.5) is 13.2 Å². The second-order valence-electron chi connectivity index (χ2n) is 7.41. The van der Waals surface area contributed by atoms with Crippen molar-refractivity contribution in [2.45, 2.75) is 19.1 Å². The summed E-state index contributed by atoms with van der Waals surface area (Å²) in [5.74, 6) is 0.745. The van der Waals surface area contributed by atoms with E-state index in [9.17, 15) is 18.0 Å². The van der Waals surface area contributed by atoms with E-state index in [1.54, 1.807) is 0 Å². The number of alkyl halides is 3. The van der Waals surface area contributed by atoms with Crippen molar-refractivity contribution < 1.29 is 22.5 Å². The van der Waals surface area contributed by atoms with Gasteiger partial charge in [-0.15, -0.1) is 0 Å². The van der Waals surface area contributed by atoms with Crippen molar-refractivity contribution in [1.82, 2.24) is 19.9 Å². The highest BCUT2D eigenvalue weighted by molar-refractivity contribution is 5.78. The van der Waals surface area contributed by atoms with E-state index in [1.165, 1.54) is 12.1 Å². The molecule has 2 aromatic carbocycles. The third-order valence-corrected chi connectivity index (χ3v) is 5.22. The van der Waals surface area contributed by atoms with Gasteiger partial charge in [-0.25, -0.2) is 0 Å². The molecule has 0 aliphatic carbocycles. The minimum atomic E-state index is -4.39. The molecule has 3 aromatic rings. The molecule has 0 unspecified atom stereocenters.